The molecule has 3 rings (SSSR count). The number of nitrogens with one attached hydrogen (secondary N) is 2. The van der Waals surface area contributed by atoms with Gasteiger partial charge >= 0.3 is 0 Å². The average Bonchev–Trinajstić information content (AvgIpc) is 2.99. The Morgan fingerprint density at radius 2 is 2.12 bits per heavy atom. The number of aromatic amines is 1. The number of H-pyrrole nitrogens is 1. The zero-order valence-corrected chi connectivity index (χ0v) is 14.9. The third-order valence-electron chi connectivity index (χ3n) is 4.70. The molecule has 1 fully saturated rings. The summed E-state index contributed by atoms with van der Waals surface area (Å²) in [6.07, 6.45) is 1.91. The number of halogens is 1. The van der Waals surface area contributed by atoms with Gasteiger partial charge in [-0.1, -0.05) is 17.7 Å². The van der Waals surface area contributed by atoms with Gasteiger partial charge in [0.15, 0.2) is 0 Å². The van der Waals surface area contributed by atoms with Gasteiger partial charge in [0, 0.05) is 48.3 Å². The van der Waals surface area contributed by atoms with Gasteiger partial charge < -0.3 is 15.0 Å². The van der Waals surface area contributed by atoms with Gasteiger partial charge in [0.1, 0.15) is 0 Å². The first kappa shape index (κ1) is 17.3. The summed E-state index contributed by atoms with van der Waals surface area (Å²) in [6, 6.07) is 5.70. The number of morpholine rings is 1. The Balaban J connectivity index is 1.65. The van der Waals surface area contributed by atoms with Crippen LogP contribution in [0.2, 0.25) is 5.02 Å². The Morgan fingerprint density at radius 3 is 2.88 bits per heavy atom. The van der Waals surface area contributed by atoms with Gasteiger partial charge in [0.05, 0.1) is 18.6 Å². The first-order chi connectivity index (χ1) is 11.5. The van der Waals surface area contributed by atoms with Crippen molar-refractivity contribution in [2.45, 2.75) is 19.3 Å². The van der Waals surface area contributed by atoms with Gasteiger partial charge in [-0.2, -0.15) is 0 Å². The van der Waals surface area contributed by atoms with E-state index < -0.39 is 5.41 Å². The highest BCUT2D eigenvalue weighted by molar-refractivity contribution is 6.31. The number of fused-ring (bicyclic) bond motifs is 1. The summed E-state index contributed by atoms with van der Waals surface area (Å²) in [7, 11) is 0. The van der Waals surface area contributed by atoms with Gasteiger partial charge in [-0.25, -0.2) is 0 Å². The van der Waals surface area contributed by atoms with E-state index >= 15 is 0 Å². The number of rotatable bonds is 5. The van der Waals surface area contributed by atoms with Gasteiger partial charge in [-0.3, -0.25) is 9.69 Å². The van der Waals surface area contributed by atoms with E-state index in [1.807, 2.05) is 38.2 Å². The van der Waals surface area contributed by atoms with E-state index in [0.717, 1.165) is 49.3 Å². The minimum Gasteiger partial charge on any atom is -0.379 e. The summed E-state index contributed by atoms with van der Waals surface area (Å²) in [6.45, 7) is 8.83. The molecule has 0 spiro atoms. The molecule has 24 heavy (non-hydrogen) atoms. The van der Waals surface area contributed by atoms with Crippen molar-refractivity contribution in [1.29, 1.82) is 0 Å². The van der Waals surface area contributed by atoms with Crippen LogP contribution < -0.4 is 5.32 Å². The van der Waals surface area contributed by atoms with Crippen molar-refractivity contribution < 1.29 is 9.53 Å². The van der Waals surface area contributed by atoms with Gasteiger partial charge in [-0.15, -0.1) is 0 Å². The molecule has 0 radical (unpaired) electrons. The van der Waals surface area contributed by atoms with Crippen LogP contribution in [0.15, 0.2) is 24.4 Å². The highest BCUT2D eigenvalue weighted by Crippen LogP contribution is 2.31. The normalized spacial score (nSPS) is 16.5. The molecule has 1 amide bonds. The smallest absolute Gasteiger partial charge is 0.230 e. The number of amides is 1. The predicted octanol–water partition coefficient (Wildman–Crippen LogP) is 2.55. The average molecular weight is 350 g/mol. The summed E-state index contributed by atoms with van der Waals surface area (Å²) < 4.78 is 5.34. The minimum absolute atomic E-state index is 0.0339. The Hall–Kier alpha value is -1.56. The Labute approximate surface area is 147 Å². The molecule has 0 aliphatic carbocycles. The van der Waals surface area contributed by atoms with Gasteiger partial charge in [0.25, 0.3) is 0 Å². The minimum atomic E-state index is -0.614. The number of benzene rings is 1. The van der Waals surface area contributed by atoms with Crippen molar-refractivity contribution in [1.82, 2.24) is 15.2 Å². The van der Waals surface area contributed by atoms with Crippen molar-refractivity contribution in [2.75, 3.05) is 39.4 Å². The van der Waals surface area contributed by atoms with Crippen LogP contribution in [0.25, 0.3) is 10.9 Å². The molecule has 1 aliphatic heterocycles. The molecule has 0 unspecified atom stereocenters. The van der Waals surface area contributed by atoms with Gasteiger partial charge in [0.2, 0.25) is 5.91 Å². The maximum absolute atomic E-state index is 12.7. The fraction of sp³-hybridized carbons (Fsp3) is 0.500. The van der Waals surface area contributed by atoms with Crippen LogP contribution in [0.3, 0.4) is 0 Å². The molecule has 6 heteroatoms. The summed E-state index contributed by atoms with van der Waals surface area (Å²) >= 11 is 6.03. The fourth-order valence-electron chi connectivity index (χ4n) is 3.11. The second-order valence-electron chi connectivity index (χ2n) is 6.73. The SMILES string of the molecule is CC(C)(C(=O)NCCN1CCOCC1)c1c[nH]c2cc(Cl)ccc12. The number of hydrogen-bond donors (Lipinski definition) is 2. The molecule has 0 saturated carbocycles. The van der Waals surface area contributed by atoms with E-state index in [4.69, 9.17) is 16.3 Å². The second-order valence-corrected chi connectivity index (χ2v) is 7.16. The topological polar surface area (TPSA) is 57.4 Å². The third kappa shape index (κ3) is 3.58. The lowest BCUT2D eigenvalue weighted by Crippen LogP contribution is -2.45. The first-order valence-electron chi connectivity index (χ1n) is 8.34. The summed E-state index contributed by atoms with van der Waals surface area (Å²) in [4.78, 5) is 18.2. The highest BCUT2D eigenvalue weighted by Gasteiger charge is 2.32. The van der Waals surface area contributed by atoms with E-state index in [0.29, 0.717) is 11.6 Å². The van der Waals surface area contributed by atoms with Crippen LogP contribution in [0.5, 0.6) is 0 Å². The Bertz CT molecular complexity index is 720. The molecule has 2 N–H and O–H groups in total. The monoisotopic (exact) mass is 349 g/mol. The zero-order chi connectivity index (χ0) is 17.2. The van der Waals surface area contributed by atoms with Crippen LogP contribution in [-0.2, 0) is 14.9 Å². The van der Waals surface area contributed by atoms with E-state index in [2.05, 4.69) is 15.2 Å². The largest absolute Gasteiger partial charge is 0.379 e. The van der Waals surface area contributed by atoms with Crippen LogP contribution in [-0.4, -0.2) is 55.2 Å². The molecule has 0 bridgehead atoms. The zero-order valence-electron chi connectivity index (χ0n) is 14.2. The number of carbonyl (C=O) groups is 1. The van der Waals surface area contributed by atoms with Crippen molar-refractivity contribution in [3.05, 3.63) is 35.0 Å². The van der Waals surface area contributed by atoms with Crippen molar-refractivity contribution in [2.24, 2.45) is 0 Å². The van der Waals surface area contributed by atoms with Crippen molar-refractivity contribution >= 4 is 28.4 Å². The predicted molar refractivity (Wildman–Crippen MR) is 96.6 cm³/mol. The van der Waals surface area contributed by atoms with Crippen LogP contribution >= 0.6 is 11.6 Å². The molecule has 130 valence electrons. The number of aromatic nitrogens is 1. The molecular formula is C18H24ClN3O2. The van der Waals surface area contributed by atoms with Crippen LogP contribution in [0.4, 0.5) is 0 Å². The van der Waals surface area contributed by atoms with Crippen LogP contribution in [0, 0.1) is 0 Å². The lowest BCUT2D eigenvalue weighted by atomic mass is 9.83. The highest BCUT2D eigenvalue weighted by atomic mass is 35.5. The molecule has 1 aromatic carbocycles. The molecule has 5 nitrogen and oxygen atoms in total. The summed E-state index contributed by atoms with van der Waals surface area (Å²) in [5.41, 5.74) is 1.32. The fourth-order valence-corrected chi connectivity index (χ4v) is 3.28. The Kier molecular flexibility index (Phi) is 5.13. The maximum atomic E-state index is 12.7. The molecule has 1 aliphatic rings. The molecule has 1 aromatic heterocycles. The summed E-state index contributed by atoms with van der Waals surface area (Å²) in [5, 5.41) is 4.79. The lowest BCUT2D eigenvalue weighted by Gasteiger charge is -2.28. The lowest BCUT2D eigenvalue weighted by molar-refractivity contribution is -0.125. The van der Waals surface area contributed by atoms with E-state index in [1.165, 1.54) is 0 Å². The van der Waals surface area contributed by atoms with Gasteiger partial charge in [-0.05, 0) is 31.5 Å². The second kappa shape index (κ2) is 7.13. The van der Waals surface area contributed by atoms with Crippen molar-refractivity contribution in [3.63, 3.8) is 0 Å². The van der Waals surface area contributed by atoms with E-state index in [-0.39, 0.29) is 5.91 Å². The summed E-state index contributed by atoms with van der Waals surface area (Å²) in [5.74, 6) is 0.0339. The molecule has 2 heterocycles. The number of nitrogens with zero attached hydrogens (tertiary/aromatic N) is 1. The molecule has 1 saturated heterocycles. The first-order valence-corrected chi connectivity index (χ1v) is 8.72. The molecular weight excluding hydrogens is 326 g/mol. The standard InChI is InChI=1S/C18H24ClN3O2/c1-18(2,15-12-21-16-11-13(19)3-4-14(15)16)17(23)20-5-6-22-7-9-24-10-8-22/h3-4,11-12,21H,5-10H2,1-2H3,(H,20,23). The van der Waals surface area contributed by atoms with E-state index in [1.54, 1.807) is 0 Å². The molecule has 2 aromatic rings. The van der Waals surface area contributed by atoms with Crippen molar-refractivity contribution in [3.8, 4) is 0 Å². The maximum Gasteiger partial charge on any atom is 0.230 e. The molecule has 0 atom stereocenters. The number of ether oxygens (including phenoxy) is 1. The Morgan fingerprint density at radius 1 is 1.38 bits per heavy atom. The number of hydrogen-bond acceptors (Lipinski definition) is 3. The third-order valence-corrected chi connectivity index (χ3v) is 4.94. The van der Waals surface area contributed by atoms with Crippen LogP contribution in [0.1, 0.15) is 19.4 Å². The number of carbonyl (C=O) groups excluding carboxylic acids is 1. The quantitative estimate of drug-likeness (QED) is 0.872. The van der Waals surface area contributed by atoms with E-state index in [9.17, 15) is 4.79 Å².